The molecule has 0 bridgehead atoms. The van der Waals surface area contributed by atoms with Crippen LogP contribution in [0.5, 0.6) is 0 Å². The highest BCUT2D eigenvalue weighted by Crippen LogP contribution is 2.22. The third kappa shape index (κ3) is 2.91. The van der Waals surface area contributed by atoms with Gasteiger partial charge in [0.15, 0.2) is 0 Å². The van der Waals surface area contributed by atoms with Crippen molar-refractivity contribution in [1.29, 1.82) is 0 Å². The highest BCUT2D eigenvalue weighted by molar-refractivity contribution is 5.58. The molecular formula is C14H24N3+. The van der Waals surface area contributed by atoms with E-state index in [-0.39, 0.29) is 0 Å². The van der Waals surface area contributed by atoms with Crippen molar-refractivity contribution in [3.05, 3.63) is 23.8 Å². The summed E-state index contributed by atoms with van der Waals surface area (Å²) in [6.45, 7) is 6.85. The fourth-order valence-corrected chi connectivity index (χ4v) is 2.42. The van der Waals surface area contributed by atoms with Crippen LogP contribution in [0.15, 0.2) is 18.2 Å². The maximum Gasteiger partial charge on any atom is 0.0960 e. The van der Waals surface area contributed by atoms with Gasteiger partial charge >= 0.3 is 0 Å². The number of nitrogens with zero attached hydrogens (tertiary/aromatic N) is 2. The molecule has 1 saturated heterocycles. The van der Waals surface area contributed by atoms with Gasteiger partial charge in [-0.25, -0.2) is 0 Å². The fourth-order valence-electron chi connectivity index (χ4n) is 2.42. The van der Waals surface area contributed by atoms with Crippen molar-refractivity contribution >= 4 is 11.4 Å². The first-order valence-corrected chi connectivity index (χ1v) is 6.41. The molecule has 94 valence electrons. The van der Waals surface area contributed by atoms with Crippen LogP contribution in [0, 0.1) is 6.92 Å². The number of anilines is 2. The zero-order valence-electron chi connectivity index (χ0n) is 11.2. The third-order valence-corrected chi connectivity index (χ3v) is 3.79. The number of hydrogen-bond donors (Lipinski definition) is 1. The summed E-state index contributed by atoms with van der Waals surface area (Å²) in [5, 5.41) is 0. The van der Waals surface area contributed by atoms with Crippen LogP contribution in [0.25, 0.3) is 0 Å². The van der Waals surface area contributed by atoms with Crippen molar-refractivity contribution in [3.63, 3.8) is 0 Å². The molecule has 1 aliphatic rings. The molecule has 0 radical (unpaired) electrons. The molecular weight excluding hydrogens is 210 g/mol. The zero-order valence-corrected chi connectivity index (χ0v) is 11.2. The maximum absolute atomic E-state index is 5.87. The molecule has 1 aliphatic heterocycles. The van der Waals surface area contributed by atoms with E-state index >= 15 is 0 Å². The summed E-state index contributed by atoms with van der Waals surface area (Å²) >= 11 is 0. The molecule has 0 aliphatic carbocycles. The summed E-state index contributed by atoms with van der Waals surface area (Å²) in [5.41, 5.74) is 9.26. The number of rotatable bonds is 1. The van der Waals surface area contributed by atoms with Gasteiger partial charge in [0.05, 0.1) is 33.7 Å². The predicted octanol–water partition coefficient (Wildman–Crippen LogP) is 1.86. The Morgan fingerprint density at radius 2 is 1.94 bits per heavy atom. The van der Waals surface area contributed by atoms with E-state index in [0.717, 1.165) is 23.3 Å². The van der Waals surface area contributed by atoms with E-state index in [1.165, 1.54) is 30.8 Å². The first kappa shape index (κ1) is 12.2. The molecule has 0 amide bonds. The SMILES string of the molecule is Cc1cc(N2CCC[N+](C)(C)CC2)ccc1N. The summed E-state index contributed by atoms with van der Waals surface area (Å²) in [5.74, 6) is 0. The van der Waals surface area contributed by atoms with Crippen molar-refractivity contribution < 1.29 is 4.48 Å². The lowest BCUT2D eigenvalue weighted by Gasteiger charge is -2.28. The van der Waals surface area contributed by atoms with Crippen molar-refractivity contribution in [2.75, 3.05) is 50.9 Å². The lowest BCUT2D eigenvalue weighted by Crippen LogP contribution is -2.42. The highest BCUT2D eigenvalue weighted by atomic mass is 15.3. The van der Waals surface area contributed by atoms with Crippen LogP contribution in [-0.4, -0.2) is 44.8 Å². The van der Waals surface area contributed by atoms with E-state index in [4.69, 9.17) is 5.73 Å². The van der Waals surface area contributed by atoms with Crippen LogP contribution < -0.4 is 10.6 Å². The fraction of sp³-hybridized carbons (Fsp3) is 0.571. The number of hydrogen-bond acceptors (Lipinski definition) is 2. The van der Waals surface area contributed by atoms with Crippen LogP contribution in [-0.2, 0) is 0 Å². The Bertz CT molecular complexity index is 398. The quantitative estimate of drug-likeness (QED) is 0.594. The number of aryl methyl sites for hydroxylation is 1. The minimum Gasteiger partial charge on any atom is -0.399 e. The molecule has 1 aromatic carbocycles. The number of likely N-dealkylation sites (N-methyl/N-ethyl adjacent to an activating group) is 1. The molecule has 1 aromatic rings. The third-order valence-electron chi connectivity index (χ3n) is 3.79. The second-order valence-electron chi connectivity index (χ2n) is 5.76. The normalized spacial score (nSPS) is 20.1. The molecule has 0 aromatic heterocycles. The van der Waals surface area contributed by atoms with Gasteiger partial charge in [0, 0.05) is 24.3 Å². The Morgan fingerprint density at radius 1 is 1.18 bits per heavy atom. The van der Waals surface area contributed by atoms with Crippen LogP contribution >= 0.6 is 0 Å². The lowest BCUT2D eigenvalue weighted by atomic mass is 10.1. The lowest BCUT2D eigenvalue weighted by molar-refractivity contribution is -0.887. The van der Waals surface area contributed by atoms with Gasteiger partial charge in [-0.1, -0.05) is 0 Å². The van der Waals surface area contributed by atoms with Gasteiger partial charge < -0.3 is 15.1 Å². The van der Waals surface area contributed by atoms with Gasteiger partial charge in [0.1, 0.15) is 0 Å². The second-order valence-corrected chi connectivity index (χ2v) is 5.76. The first-order valence-electron chi connectivity index (χ1n) is 6.41. The van der Waals surface area contributed by atoms with Gasteiger partial charge in [-0.05, 0) is 30.7 Å². The van der Waals surface area contributed by atoms with Crippen molar-refractivity contribution in [2.45, 2.75) is 13.3 Å². The molecule has 0 spiro atoms. The molecule has 1 fully saturated rings. The molecule has 2 N–H and O–H groups in total. The van der Waals surface area contributed by atoms with Crippen LogP contribution in [0.2, 0.25) is 0 Å². The molecule has 0 atom stereocenters. The largest absolute Gasteiger partial charge is 0.399 e. The van der Waals surface area contributed by atoms with Crippen molar-refractivity contribution in [3.8, 4) is 0 Å². The minimum atomic E-state index is 0.889. The monoisotopic (exact) mass is 234 g/mol. The highest BCUT2D eigenvalue weighted by Gasteiger charge is 2.21. The van der Waals surface area contributed by atoms with Gasteiger partial charge in [-0.3, -0.25) is 0 Å². The van der Waals surface area contributed by atoms with Gasteiger partial charge in [0.2, 0.25) is 0 Å². The zero-order chi connectivity index (χ0) is 12.5. The van der Waals surface area contributed by atoms with Crippen LogP contribution in [0.3, 0.4) is 0 Å². The molecule has 0 saturated carbocycles. The number of nitrogens with two attached hydrogens (primary N) is 1. The van der Waals surface area contributed by atoms with Crippen molar-refractivity contribution in [1.82, 2.24) is 0 Å². The topological polar surface area (TPSA) is 29.3 Å². The van der Waals surface area contributed by atoms with Gasteiger partial charge in [0.25, 0.3) is 0 Å². The Morgan fingerprint density at radius 3 is 2.65 bits per heavy atom. The van der Waals surface area contributed by atoms with Crippen LogP contribution in [0.1, 0.15) is 12.0 Å². The second kappa shape index (κ2) is 4.57. The van der Waals surface area contributed by atoms with Crippen LogP contribution in [0.4, 0.5) is 11.4 Å². The Labute approximate surface area is 104 Å². The molecule has 1 heterocycles. The number of nitrogen functional groups attached to an aromatic ring is 1. The average Bonchev–Trinajstić information content (AvgIpc) is 2.44. The first-order chi connectivity index (χ1) is 7.98. The summed E-state index contributed by atoms with van der Waals surface area (Å²) in [6, 6.07) is 6.38. The maximum atomic E-state index is 5.87. The number of quaternary nitrogens is 1. The summed E-state index contributed by atoms with van der Waals surface area (Å²) < 4.78 is 1.13. The summed E-state index contributed by atoms with van der Waals surface area (Å²) in [4.78, 5) is 2.49. The number of benzene rings is 1. The van der Waals surface area contributed by atoms with E-state index in [2.05, 4.69) is 38.1 Å². The van der Waals surface area contributed by atoms with E-state index in [9.17, 15) is 0 Å². The molecule has 3 heteroatoms. The van der Waals surface area contributed by atoms with Gasteiger partial charge in [-0.2, -0.15) is 0 Å². The van der Waals surface area contributed by atoms with Crippen molar-refractivity contribution in [2.24, 2.45) is 0 Å². The molecule has 3 nitrogen and oxygen atoms in total. The van der Waals surface area contributed by atoms with E-state index < -0.39 is 0 Å². The van der Waals surface area contributed by atoms with E-state index in [0.29, 0.717) is 0 Å². The van der Waals surface area contributed by atoms with E-state index in [1.807, 2.05) is 6.07 Å². The van der Waals surface area contributed by atoms with E-state index in [1.54, 1.807) is 0 Å². The molecule has 17 heavy (non-hydrogen) atoms. The Kier molecular flexibility index (Phi) is 3.29. The predicted molar refractivity (Wildman–Crippen MR) is 74.3 cm³/mol. The molecule has 2 rings (SSSR count). The Hall–Kier alpha value is -1.22. The summed E-state index contributed by atoms with van der Waals surface area (Å²) in [6.07, 6.45) is 1.26. The average molecular weight is 234 g/mol. The molecule has 0 unspecified atom stereocenters. The smallest absolute Gasteiger partial charge is 0.0960 e. The minimum absolute atomic E-state index is 0.889. The summed E-state index contributed by atoms with van der Waals surface area (Å²) in [7, 11) is 4.63. The van der Waals surface area contributed by atoms with Gasteiger partial charge in [-0.15, -0.1) is 0 Å². The standard InChI is InChI=1S/C14H24N3/c1-12-11-13(5-6-14(12)15)16-7-4-9-17(2,3)10-8-16/h5-6,11H,4,7-10,15H2,1-3H3/q+1. The Balaban J connectivity index is 2.14.